The van der Waals surface area contributed by atoms with Crippen molar-refractivity contribution in [3.05, 3.63) is 29.8 Å². The first-order chi connectivity index (χ1) is 13.2. The number of ether oxygens (including phenoxy) is 3. The lowest BCUT2D eigenvalue weighted by atomic mass is 10.2. The molecule has 162 valence electrons. The molecule has 0 amide bonds. The SMILES string of the molecule is CCCCOCCOCCNC(=NCc1cccc(OC(C)C)c1)NCC.I. The average molecular weight is 507 g/mol. The van der Waals surface area contributed by atoms with Gasteiger partial charge in [0.05, 0.1) is 32.5 Å². The summed E-state index contributed by atoms with van der Waals surface area (Å²) in [7, 11) is 0. The molecule has 0 fully saturated rings. The largest absolute Gasteiger partial charge is 0.491 e. The Morgan fingerprint density at radius 3 is 2.46 bits per heavy atom. The maximum Gasteiger partial charge on any atom is 0.191 e. The minimum atomic E-state index is 0. The lowest BCUT2D eigenvalue weighted by Gasteiger charge is -2.12. The van der Waals surface area contributed by atoms with Crippen molar-refractivity contribution < 1.29 is 14.2 Å². The second kappa shape index (κ2) is 18.0. The minimum absolute atomic E-state index is 0. The number of nitrogens with zero attached hydrogens (tertiary/aromatic N) is 1. The Morgan fingerprint density at radius 2 is 1.79 bits per heavy atom. The first kappa shape index (κ1) is 26.9. The van der Waals surface area contributed by atoms with Gasteiger partial charge in [0.15, 0.2) is 5.96 Å². The Bertz CT molecular complexity index is 527. The van der Waals surface area contributed by atoms with Gasteiger partial charge in [-0.3, -0.25) is 0 Å². The third-order valence-electron chi connectivity index (χ3n) is 3.59. The lowest BCUT2D eigenvalue weighted by Crippen LogP contribution is -2.39. The number of hydrogen-bond acceptors (Lipinski definition) is 4. The summed E-state index contributed by atoms with van der Waals surface area (Å²) in [5.74, 6) is 1.67. The van der Waals surface area contributed by atoms with E-state index in [1.165, 1.54) is 0 Å². The molecule has 0 aliphatic carbocycles. The van der Waals surface area contributed by atoms with E-state index in [9.17, 15) is 0 Å². The smallest absolute Gasteiger partial charge is 0.191 e. The molecule has 0 spiro atoms. The fraction of sp³-hybridized carbons (Fsp3) is 0.667. The van der Waals surface area contributed by atoms with Gasteiger partial charge in [0, 0.05) is 19.7 Å². The number of hydrogen-bond donors (Lipinski definition) is 2. The van der Waals surface area contributed by atoms with Gasteiger partial charge >= 0.3 is 0 Å². The van der Waals surface area contributed by atoms with E-state index in [0.717, 1.165) is 43.3 Å². The summed E-state index contributed by atoms with van der Waals surface area (Å²) in [4.78, 5) is 4.63. The minimum Gasteiger partial charge on any atom is -0.491 e. The van der Waals surface area contributed by atoms with E-state index in [-0.39, 0.29) is 30.1 Å². The highest BCUT2D eigenvalue weighted by molar-refractivity contribution is 14.0. The van der Waals surface area contributed by atoms with Gasteiger partial charge in [0.25, 0.3) is 0 Å². The predicted octanol–water partition coefficient (Wildman–Crippen LogP) is 3.98. The molecule has 0 heterocycles. The molecule has 1 aromatic carbocycles. The van der Waals surface area contributed by atoms with E-state index in [4.69, 9.17) is 14.2 Å². The van der Waals surface area contributed by atoms with Crippen molar-refractivity contribution >= 4 is 29.9 Å². The quantitative estimate of drug-likeness (QED) is 0.173. The van der Waals surface area contributed by atoms with Crippen LogP contribution in [0.3, 0.4) is 0 Å². The molecular weight excluding hydrogens is 469 g/mol. The Kier molecular flexibility index (Phi) is 17.3. The molecule has 0 aliphatic rings. The number of aliphatic imine (C=N–C) groups is 1. The molecule has 0 saturated carbocycles. The van der Waals surface area contributed by atoms with Gasteiger partial charge in [0.1, 0.15) is 5.75 Å². The van der Waals surface area contributed by atoms with Crippen LogP contribution in [0.25, 0.3) is 0 Å². The normalized spacial score (nSPS) is 11.2. The zero-order valence-electron chi connectivity index (χ0n) is 17.8. The standard InChI is InChI=1S/C21H37N3O3.HI/c1-5-7-12-25-14-15-26-13-11-23-21(22-6-2)24-17-19-9-8-10-20(16-19)27-18(3)4;/h8-10,16,18H,5-7,11-15,17H2,1-4H3,(H2,22,23,24);1H. The van der Waals surface area contributed by atoms with E-state index < -0.39 is 0 Å². The maximum atomic E-state index is 5.74. The van der Waals surface area contributed by atoms with Crippen LogP contribution in [0.1, 0.15) is 46.1 Å². The number of nitrogens with one attached hydrogen (secondary N) is 2. The van der Waals surface area contributed by atoms with E-state index in [1.54, 1.807) is 0 Å². The van der Waals surface area contributed by atoms with Crippen LogP contribution in [0.2, 0.25) is 0 Å². The first-order valence-electron chi connectivity index (χ1n) is 10.1. The molecular formula is C21H38IN3O3. The van der Waals surface area contributed by atoms with E-state index in [1.807, 2.05) is 32.0 Å². The number of guanidine groups is 1. The topological polar surface area (TPSA) is 64.1 Å². The monoisotopic (exact) mass is 507 g/mol. The van der Waals surface area contributed by atoms with Crippen molar-refractivity contribution in [3.8, 4) is 5.75 Å². The molecule has 0 unspecified atom stereocenters. The van der Waals surface area contributed by atoms with Crippen molar-refractivity contribution in [2.24, 2.45) is 4.99 Å². The third-order valence-corrected chi connectivity index (χ3v) is 3.59. The van der Waals surface area contributed by atoms with Crippen LogP contribution >= 0.6 is 24.0 Å². The van der Waals surface area contributed by atoms with Crippen LogP contribution in [0, 0.1) is 0 Å². The van der Waals surface area contributed by atoms with E-state index in [2.05, 4.69) is 35.5 Å². The number of unbranched alkanes of at least 4 members (excludes halogenated alkanes) is 1. The predicted molar refractivity (Wildman–Crippen MR) is 127 cm³/mol. The Morgan fingerprint density at radius 1 is 1.04 bits per heavy atom. The van der Waals surface area contributed by atoms with Gasteiger partial charge in [-0.2, -0.15) is 0 Å². The number of benzene rings is 1. The molecule has 0 aliphatic heterocycles. The van der Waals surface area contributed by atoms with Gasteiger partial charge in [-0.1, -0.05) is 25.5 Å². The summed E-state index contributed by atoms with van der Waals surface area (Å²) in [5.41, 5.74) is 1.12. The molecule has 1 rings (SSSR count). The summed E-state index contributed by atoms with van der Waals surface area (Å²) in [6.45, 7) is 13.1. The van der Waals surface area contributed by atoms with Crippen LogP contribution in [0.15, 0.2) is 29.3 Å². The Labute approximate surface area is 187 Å². The van der Waals surface area contributed by atoms with Gasteiger partial charge in [-0.25, -0.2) is 4.99 Å². The van der Waals surface area contributed by atoms with Crippen LogP contribution in [0.5, 0.6) is 5.75 Å². The number of halogens is 1. The molecule has 7 heteroatoms. The van der Waals surface area contributed by atoms with Crippen LogP contribution < -0.4 is 15.4 Å². The molecule has 1 aromatic rings. The number of rotatable bonds is 14. The molecule has 0 radical (unpaired) electrons. The molecule has 0 aromatic heterocycles. The average Bonchev–Trinajstić information content (AvgIpc) is 2.64. The summed E-state index contributed by atoms with van der Waals surface area (Å²) in [6.07, 6.45) is 2.43. The Hall–Kier alpha value is -1.06. The molecule has 6 nitrogen and oxygen atoms in total. The fourth-order valence-corrected chi connectivity index (χ4v) is 2.31. The highest BCUT2D eigenvalue weighted by Crippen LogP contribution is 2.15. The van der Waals surface area contributed by atoms with Gasteiger partial charge in [-0.05, 0) is 44.9 Å². The fourth-order valence-electron chi connectivity index (χ4n) is 2.31. The summed E-state index contributed by atoms with van der Waals surface area (Å²) in [5, 5.41) is 6.54. The van der Waals surface area contributed by atoms with Gasteiger partial charge in [-0.15, -0.1) is 24.0 Å². The first-order valence-corrected chi connectivity index (χ1v) is 10.1. The van der Waals surface area contributed by atoms with Gasteiger partial charge < -0.3 is 24.8 Å². The maximum absolute atomic E-state index is 5.74. The van der Waals surface area contributed by atoms with Crippen LogP contribution in [0.4, 0.5) is 0 Å². The zero-order valence-corrected chi connectivity index (χ0v) is 20.2. The second-order valence-corrected chi connectivity index (χ2v) is 6.51. The molecule has 0 atom stereocenters. The van der Waals surface area contributed by atoms with Crippen molar-refractivity contribution in [1.82, 2.24) is 10.6 Å². The molecule has 0 saturated heterocycles. The van der Waals surface area contributed by atoms with Crippen LogP contribution in [-0.2, 0) is 16.0 Å². The van der Waals surface area contributed by atoms with Crippen LogP contribution in [-0.4, -0.2) is 51.6 Å². The molecule has 2 N–H and O–H groups in total. The summed E-state index contributed by atoms with van der Waals surface area (Å²) < 4.78 is 16.8. The highest BCUT2D eigenvalue weighted by Gasteiger charge is 2.01. The third kappa shape index (κ3) is 14.0. The van der Waals surface area contributed by atoms with Crippen molar-refractivity contribution in [1.29, 1.82) is 0 Å². The van der Waals surface area contributed by atoms with Crippen molar-refractivity contribution in [2.75, 3.05) is 39.5 Å². The van der Waals surface area contributed by atoms with E-state index in [0.29, 0.717) is 32.9 Å². The molecule has 28 heavy (non-hydrogen) atoms. The summed E-state index contributed by atoms with van der Waals surface area (Å²) in [6, 6.07) is 8.07. The lowest BCUT2D eigenvalue weighted by molar-refractivity contribution is 0.0487. The molecule has 0 bridgehead atoms. The van der Waals surface area contributed by atoms with E-state index >= 15 is 0 Å². The summed E-state index contributed by atoms with van der Waals surface area (Å²) >= 11 is 0. The zero-order chi connectivity index (χ0) is 19.7. The van der Waals surface area contributed by atoms with Crippen molar-refractivity contribution in [2.45, 2.75) is 53.2 Å². The van der Waals surface area contributed by atoms with Crippen molar-refractivity contribution in [3.63, 3.8) is 0 Å². The second-order valence-electron chi connectivity index (χ2n) is 6.51. The van der Waals surface area contributed by atoms with Gasteiger partial charge in [0.2, 0.25) is 0 Å². The highest BCUT2D eigenvalue weighted by atomic mass is 127. The Balaban J connectivity index is 0.00000729.